The lowest BCUT2D eigenvalue weighted by Gasteiger charge is -2.35. The summed E-state index contributed by atoms with van der Waals surface area (Å²) in [5.74, 6) is -1.26. The van der Waals surface area contributed by atoms with E-state index in [-0.39, 0.29) is 44.5 Å². The molecule has 1 fully saturated rings. The summed E-state index contributed by atoms with van der Waals surface area (Å²) in [6, 6.07) is -0.444. The SMILES string of the molecule is C[C@H](CC(=O)N1CCN(c2ncc(C(F)(F)F)cn2)CC1)NC(=O)c1cc(C(F)(F)F)c(=O)[nH]n1. The minimum absolute atomic E-state index is 0.0948. The van der Waals surface area contributed by atoms with Gasteiger partial charge in [-0.3, -0.25) is 14.4 Å². The Balaban J connectivity index is 1.52. The number of aromatic amines is 1. The summed E-state index contributed by atoms with van der Waals surface area (Å²) in [6.07, 6.45) is -8.33. The molecule has 35 heavy (non-hydrogen) atoms. The van der Waals surface area contributed by atoms with Gasteiger partial charge in [-0.25, -0.2) is 15.1 Å². The fraction of sp³-hybridized carbons (Fsp3) is 0.474. The van der Waals surface area contributed by atoms with Crippen molar-refractivity contribution in [3.05, 3.63) is 45.6 Å². The average molecular weight is 507 g/mol. The van der Waals surface area contributed by atoms with Gasteiger partial charge in [0.25, 0.3) is 11.5 Å². The third kappa shape index (κ3) is 6.45. The Morgan fingerprint density at radius 1 is 1.06 bits per heavy atom. The summed E-state index contributed by atoms with van der Waals surface area (Å²) >= 11 is 0. The first-order chi connectivity index (χ1) is 16.3. The van der Waals surface area contributed by atoms with Gasteiger partial charge >= 0.3 is 12.4 Å². The quantitative estimate of drug-likeness (QED) is 0.588. The van der Waals surface area contributed by atoms with Crippen LogP contribution in [0.2, 0.25) is 0 Å². The van der Waals surface area contributed by atoms with Gasteiger partial charge in [-0.2, -0.15) is 31.4 Å². The Morgan fingerprint density at radius 3 is 2.20 bits per heavy atom. The number of alkyl halides is 6. The van der Waals surface area contributed by atoms with Crippen molar-refractivity contribution >= 4 is 17.8 Å². The summed E-state index contributed by atoms with van der Waals surface area (Å²) in [6.45, 7) is 2.44. The summed E-state index contributed by atoms with van der Waals surface area (Å²) in [7, 11) is 0. The van der Waals surface area contributed by atoms with Crippen molar-refractivity contribution in [2.45, 2.75) is 31.7 Å². The van der Waals surface area contributed by atoms with E-state index in [1.165, 1.54) is 11.8 Å². The molecule has 1 aliphatic heterocycles. The maximum atomic E-state index is 12.8. The van der Waals surface area contributed by atoms with Crippen molar-refractivity contribution in [3.8, 4) is 0 Å². The summed E-state index contributed by atoms with van der Waals surface area (Å²) < 4.78 is 76.4. The molecule has 0 aromatic carbocycles. The molecule has 0 unspecified atom stereocenters. The lowest BCUT2D eigenvalue weighted by Crippen LogP contribution is -2.50. The zero-order valence-corrected chi connectivity index (χ0v) is 18.1. The van der Waals surface area contributed by atoms with Crippen LogP contribution in [0, 0.1) is 0 Å². The predicted octanol–water partition coefficient (Wildman–Crippen LogP) is 1.45. The number of anilines is 1. The second-order valence-corrected chi connectivity index (χ2v) is 7.71. The number of carbonyl (C=O) groups excluding carboxylic acids is 2. The normalized spacial score (nSPS) is 15.6. The third-order valence-corrected chi connectivity index (χ3v) is 5.08. The topological polar surface area (TPSA) is 124 Å². The van der Waals surface area contributed by atoms with E-state index in [0.29, 0.717) is 18.5 Å². The fourth-order valence-electron chi connectivity index (χ4n) is 3.26. The van der Waals surface area contributed by atoms with Crippen LogP contribution in [0.5, 0.6) is 0 Å². The molecular weight excluding hydrogens is 488 g/mol. The van der Waals surface area contributed by atoms with Crippen molar-refractivity contribution in [3.63, 3.8) is 0 Å². The number of rotatable bonds is 5. The molecule has 10 nitrogen and oxygen atoms in total. The van der Waals surface area contributed by atoms with Crippen LogP contribution in [0.4, 0.5) is 32.3 Å². The highest BCUT2D eigenvalue weighted by molar-refractivity contribution is 5.92. The smallest absolute Gasteiger partial charge is 0.348 e. The molecule has 2 N–H and O–H groups in total. The van der Waals surface area contributed by atoms with Crippen LogP contribution in [0.1, 0.15) is 35.0 Å². The number of hydrogen-bond donors (Lipinski definition) is 2. The molecule has 16 heteroatoms. The molecule has 0 bridgehead atoms. The maximum absolute atomic E-state index is 12.8. The van der Waals surface area contributed by atoms with E-state index in [4.69, 9.17) is 0 Å². The Hall–Kier alpha value is -3.72. The highest BCUT2D eigenvalue weighted by atomic mass is 19.4. The van der Waals surface area contributed by atoms with Crippen LogP contribution >= 0.6 is 0 Å². The molecule has 1 aliphatic rings. The van der Waals surface area contributed by atoms with E-state index in [1.807, 2.05) is 0 Å². The van der Waals surface area contributed by atoms with Gasteiger partial charge in [-0.05, 0) is 13.0 Å². The van der Waals surface area contributed by atoms with Gasteiger partial charge in [0.15, 0.2) is 0 Å². The van der Waals surface area contributed by atoms with Crippen molar-refractivity contribution < 1.29 is 35.9 Å². The highest BCUT2D eigenvalue weighted by Crippen LogP contribution is 2.28. The maximum Gasteiger partial charge on any atom is 0.421 e. The second kappa shape index (κ2) is 9.87. The number of hydrogen-bond acceptors (Lipinski definition) is 7. The molecule has 3 heterocycles. The summed E-state index contributed by atoms with van der Waals surface area (Å²) in [4.78, 5) is 46.6. The van der Waals surface area contributed by atoms with Crippen LogP contribution in [0.15, 0.2) is 23.3 Å². The summed E-state index contributed by atoms with van der Waals surface area (Å²) in [5, 5.41) is 7.28. The molecule has 190 valence electrons. The molecule has 0 saturated carbocycles. The largest absolute Gasteiger partial charge is 0.421 e. The van der Waals surface area contributed by atoms with Gasteiger partial charge in [0.1, 0.15) is 11.3 Å². The average Bonchev–Trinajstić information content (AvgIpc) is 2.78. The number of carbonyl (C=O) groups is 2. The van der Waals surface area contributed by atoms with Crippen LogP contribution in [0.25, 0.3) is 0 Å². The third-order valence-electron chi connectivity index (χ3n) is 5.08. The van der Waals surface area contributed by atoms with E-state index >= 15 is 0 Å². The highest BCUT2D eigenvalue weighted by Gasteiger charge is 2.35. The van der Waals surface area contributed by atoms with Gasteiger partial charge in [0, 0.05) is 51.0 Å². The van der Waals surface area contributed by atoms with Crippen molar-refractivity contribution in [1.29, 1.82) is 0 Å². The minimum Gasteiger partial charge on any atom is -0.348 e. The van der Waals surface area contributed by atoms with Crippen LogP contribution in [0.3, 0.4) is 0 Å². The number of aromatic nitrogens is 4. The monoisotopic (exact) mass is 507 g/mol. The first kappa shape index (κ1) is 25.9. The molecule has 1 saturated heterocycles. The number of H-pyrrole nitrogens is 1. The molecule has 1 atom stereocenters. The standard InChI is InChI=1S/C19H19F6N7O3/c1-10(28-16(35)13-7-12(19(23,24)25)15(34)30-29-13)6-14(33)31-2-4-32(5-3-31)17-26-8-11(9-27-17)18(20,21)22/h7-10H,2-6H2,1H3,(H,28,35)(H,30,34)/t10-/m1/s1. The lowest BCUT2D eigenvalue weighted by molar-refractivity contribution is -0.139. The van der Waals surface area contributed by atoms with Gasteiger partial charge in [-0.1, -0.05) is 0 Å². The Morgan fingerprint density at radius 2 is 1.66 bits per heavy atom. The molecule has 2 aromatic heterocycles. The van der Waals surface area contributed by atoms with Crippen molar-refractivity contribution in [2.24, 2.45) is 0 Å². The molecule has 0 aliphatic carbocycles. The minimum atomic E-state index is -4.97. The predicted molar refractivity (Wildman–Crippen MR) is 107 cm³/mol. The molecule has 2 aromatic rings. The number of nitrogens with zero attached hydrogens (tertiary/aromatic N) is 5. The number of nitrogens with one attached hydrogen (secondary N) is 2. The van der Waals surface area contributed by atoms with Gasteiger partial charge in [-0.15, -0.1) is 0 Å². The number of piperazine rings is 1. The number of amides is 2. The lowest BCUT2D eigenvalue weighted by atomic mass is 10.1. The Kier molecular flexibility index (Phi) is 7.30. The first-order valence-electron chi connectivity index (χ1n) is 10.2. The van der Waals surface area contributed by atoms with E-state index in [2.05, 4.69) is 20.4 Å². The molecular formula is C19H19F6N7O3. The van der Waals surface area contributed by atoms with E-state index in [0.717, 1.165) is 0 Å². The van der Waals surface area contributed by atoms with E-state index in [1.54, 1.807) is 10.00 Å². The number of halogens is 6. The van der Waals surface area contributed by atoms with Crippen LogP contribution < -0.4 is 15.8 Å². The fourth-order valence-corrected chi connectivity index (χ4v) is 3.26. The zero-order valence-electron chi connectivity index (χ0n) is 18.1. The second-order valence-electron chi connectivity index (χ2n) is 7.71. The Bertz CT molecular complexity index is 1130. The molecule has 0 spiro atoms. The van der Waals surface area contributed by atoms with E-state index < -0.39 is 46.7 Å². The molecule has 2 amide bonds. The van der Waals surface area contributed by atoms with Crippen LogP contribution in [-0.2, 0) is 17.1 Å². The van der Waals surface area contributed by atoms with Gasteiger partial charge < -0.3 is 15.1 Å². The van der Waals surface area contributed by atoms with Gasteiger partial charge in [0.2, 0.25) is 11.9 Å². The Labute approximate surface area is 193 Å². The van der Waals surface area contributed by atoms with Crippen LogP contribution in [-0.4, -0.2) is 69.1 Å². The van der Waals surface area contributed by atoms with E-state index in [9.17, 15) is 40.7 Å². The zero-order chi connectivity index (χ0) is 26.0. The molecule has 0 radical (unpaired) electrons. The molecule has 3 rings (SSSR count). The van der Waals surface area contributed by atoms with Gasteiger partial charge in [0.05, 0.1) is 5.56 Å². The first-order valence-corrected chi connectivity index (χ1v) is 10.2. The van der Waals surface area contributed by atoms with Crippen molar-refractivity contribution in [1.82, 2.24) is 30.4 Å². The van der Waals surface area contributed by atoms with Crippen molar-refractivity contribution in [2.75, 3.05) is 31.1 Å². The summed E-state index contributed by atoms with van der Waals surface area (Å²) in [5.41, 5.74) is -4.70.